The lowest BCUT2D eigenvalue weighted by atomic mass is 10.1. The van der Waals surface area contributed by atoms with E-state index in [2.05, 4.69) is 4.99 Å². The summed E-state index contributed by atoms with van der Waals surface area (Å²) in [5, 5.41) is 8.43. The lowest BCUT2D eigenvalue weighted by molar-refractivity contribution is -0.138. The summed E-state index contributed by atoms with van der Waals surface area (Å²) in [6.45, 7) is 0.522. The minimum atomic E-state index is -0.971. The highest BCUT2D eigenvalue weighted by Gasteiger charge is 2.09. The van der Waals surface area contributed by atoms with Crippen molar-refractivity contribution in [2.45, 2.75) is 25.3 Å². The zero-order valence-corrected chi connectivity index (χ0v) is 8.67. The second kappa shape index (κ2) is 8.58. The van der Waals surface area contributed by atoms with Gasteiger partial charge < -0.3 is 22.3 Å². The van der Waals surface area contributed by atoms with Gasteiger partial charge in [0.05, 0.1) is 0 Å². The highest BCUT2D eigenvalue weighted by molar-refractivity contribution is 5.85. The Morgan fingerprint density at radius 1 is 1.36 bits per heavy atom. The van der Waals surface area contributed by atoms with E-state index in [1.807, 2.05) is 0 Å². The largest absolute Gasteiger partial charge is 0.480 e. The summed E-state index contributed by atoms with van der Waals surface area (Å²) < 4.78 is 0. The Morgan fingerprint density at radius 3 is 2.36 bits per heavy atom. The quantitative estimate of drug-likeness (QED) is 0.269. The van der Waals surface area contributed by atoms with Crippen LogP contribution in [-0.2, 0) is 4.79 Å². The predicted octanol–water partition coefficient (Wildman–Crippen LogP) is -0.736. The average Bonchev–Trinajstić information content (AvgIpc) is 2.02. The van der Waals surface area contributed by atoms with Crippen molar-refractivity contribution in [3.05, 3.63) is 0 Å². The first-order valence-corrected chi connectivity index (χ1v) is 4.08. The van der Waals surface area contributed by atoms with Crippen molar-refractivity contribution < 1.29 is 9.90 Å². The number of carboxylic acids is 1. The molecule has 0 aliphatic heterocycles. The molecule has 84 valence electrons. The van der Waals surface area contributed by atoms with Crippen LogP contribution in [0, 0.1) is 0 Å². The monoisotopic (exact) mass is 224 g/mol. The Hall–Kier alpha value is -1.01. The van der Waals surface area contributed by atoms with E-state index in [-0.39, 0.29) is 18.4 Å². The molecule has 7 N–H and O–H groups in total. The van der Waals surface area contributed by atoms with E-state index < -0.39 is 12.0 Å². The van der Waals surface area contributed by atoms with Gasteiger partial charge >= 0.3 is 5.97 Å². The van der Waals surface area contributed by atoms with Crippen molar-refractivity contribution in [3.63, 3.8) is 0 Å². The van der Waals surface area contributed by atoms with E-state index >= 15 is 0 Å². The minimum Gasteiger partial charge on any atom is -0.480 e. The van der Waals surface area contributed by atoms with Crippen LogP contribution < -0.4 is 17.2 Å². The van der Waals surface area contributed by atoms with Crippen molar-refractivity contribution in [1.82, 2.24) is 0 Å². The van der Waals surface area contributed by atoms with Crippen molar-refractivity contribution in [1.29, 1.82) is 0 Å². The molecule has 0 saturated heterocycles. The van der Waals surface area contributed by atoms with Crippen molar-refractivity contribution >= 4 is 24.3 Å². The molecule has 14 heavy (non-hydrogen) atoms. The molecule has 0 saturated carbocycles. The topological polar surface area (TPSA) is 128 Å². The van der Waals surface area contributed by atoms with E-state index in [4.69, 9.17) is 22.3 Å². The smallest absolute Gasteiger partial charge is 0.320 e. The highest BCUT2D eigenvalue weighted by atomic mass is 35.5. The lowest BCUT2D eigenvalue weighted by Gasteiger charge is -2.04. The second-order valence-corrected chi connectivity index (χ2v) is 2.75. The van der Waals surface area contributed by atoms with Gasteiger partial charge in [-0.25, -0.2) is 0 Å². The molecule has 0 bridgehead atoms. The summed E-state index contributed by atoms with van der Waals surface area (Å²) in [7, 11) is 0. The SMILES string of the molecule is Cl.NC(N)=NCCCC[C@@H](N)C(=O)O. The van der Waals surface area contributed by atoms with Crippen LogP contribution in [0.3, 0.4) is 0 Å². The maximum Gasteiger partial charge on any atom is 0.320 e. The molecular formula is C7H17ClN4O2. The van der Waals surface area contributed by atoms with Gasteiger partial charge in [-0.1, -0.05) is 0 Å². The zero-order valence-electron chi connectivity index (χ0n) is 7.85. The fourth-order valence-corrected chi connectivity index (χ4v) is 0.808. The predicted molar refractivity (Wildman–Crippen MR) is 57.4 cm³/mol. The summed E-state index contributed by atoms with van der Waals surface area (Å²) in [5.41, 5.74) is 15.5. The summed E-state index contributed by atoms with van der Waals surface area (Å²) in [6, 6.07) is -0.779. The maximum atomic E-state index is 10.3. The molecule has 1 atom stereocenters. The van der Waals surface area contributed by atoms with E-state index in [0.29, 0.717) is 19.4 Å². The third-order valence-electron chi connectivity index (χ3n) is 1.53. The number of carboxylic acid groups (broad SMARTS) is 1. The van der Waals surface area contributed by atoms with Crippen LogP contribution in [0.15, 0.2) is 4.99 Å². The van der Waals surface area contributed by atoms with Crippen LogP contribution in [0.1, 0.15) is 19.3 Å². The molecular weight excluding hydrogens is 208 g/mol. The Bertz CT molecular complexity index is 194. The molecule has 0 spiro atoms. The Balaban J connectivity index is 0. The van der Waals surface area contributed by atoms with E-state index in [0.717, 1.165) is 6.42 Å². The Morgan fingerprint density at radius 2 is 1.93 bits per heavy atom. The third kappa shape index (κ3) is 9.08. The molecule has 0 aliphatic carbocycles. The first-order valence-electron chi connectivity index (χ1n) is 4.08. The number of guanidine groups is 1. The van der Waals surface area contributed by atoms with Crippen LogP contribution in [0.4, 0.5) is 0 Å². The normalized spacial score (nSPS) is 11.2. The molecule has 0 aromatic heterocycles. The third-order valence-corrected chi connectivity index (χ3v) is 1.53. The molecule has 0 unspecified atom stereocenters. The number of hydrogen-bond donors (Lipinski definition) is 4. The fraction of sp³-hybridized carbons (Fsp3) is 0.714. The van der Waals surface area contributed by atoms with Crippen molar-refractivity contribution in [3.8, 4) is 0 Å². The van der Waals surface area contributed by atoms with Crippen molar-refractivity contribution in [2.75, 3.05) is 6.54 Å². The minimum absolute atomic E-state index is 0. The standard InChI is InChI=1S/C7H16N4O2.ClH/c8-5(6(12)13)3-1-2-4-11-7(9)10;/h5H,1-4,8H2,(H,12,13)(H4,9,10,11);1H/t5-;/m1./s1. The van der Waals surface area contributed by atoms with Gasteiger partial charge in [-0.05, 0) is 19.3 Å². The van der Waals surface area contributed by atoms with Crippen LogP contribution in [0.2, 0.25) is 0 Å². The molecule has 0 fully saturated rings. The number of rotatable bonds is 6. The van der Waals surface area contributed by atoms with Gasteiger partial charge in [0.15, 0.2) is 5.96 Å². The molecule has 0 aromatic rings. The van der Waals surface area contributed by atoms with Gasteiger partial charge in [0.25, 0.3) is 0 Å². The molecule has 0 heterocycles. The van der Waals surface area contributed by atoms with E-state index in [1.165, 1.54) is 0 Å². The van der Waals surface area contributed by atoms with Gasteiger partial charge in [-0.3, -0.25) is 9.79 Å². The number of hydrogen-bond acceptors (Lipinski definition) is 3. The number of carbonyl (C=O) groups is 1. The van der Waals surface area contributed by atoms with Crippen LogP contribution >= 0.6 is 12.4 Å². The van der Waals surface area contributed by atoms with Crippen LogP contribution in [0.25, 0.3) is 0 Å². The summed E-state index contributed by atoms with van der Waals surface area (Å²) in [6.07, 6.45) is 1.92. The van der Waals surface area contributed by atoms with Gasteiger partial charge in [-0.2, -0.15) is 0 Å². The molecule has 0 radical (unpaired) electrons. The number of aliphatic carboxylic acids is 1. The maximum absolute atomic E-state index is 10.3. The Kier molecular flexibility index (Phi) is 9.48. The van der Waals surface area contributed by atoms with Gasteiger partial charge in [0, 0.05) is 6.54 Å². The van der Waals surface area contributed by atoms with Gasteiger partial charge in [-0.15, -0.1) is 12.4 Å². The molecule has 7 heteroatoms. The molecule has 0 amide bonds. The first kappa shape index (κ1) is 15.5. The van der Waals surface area contributed by atoms with Crippen LogP contribution in [0.5, 0.6) is 0 Å². The average molecular weight is 225 g/mol. The molecule has 6 nitrogen and oxygen atoms in total. The van der Waals surface area contributed by atoms with Crippen molar-refractivity contribution in [2.24, 2.45) is 22.2 Å². The lowest BCUT2D eigenvalue weighted by Crippen LogP contribution is -2.29. The molecule has 0 aliphatic rings. The van der Waals surface area contributed by atoms with Crippen LogP contribution in [-0.4, -0.2) is 29.6 Å². The summed E-state index contributed by atoms with van der Waals surface area (Å²) >= 11 is 0. The second-order valence-electron chi connectivity index (χ2n) is 2.75. The zero-order chi connectivity index (χ0) is 10.3. The Labute approximate surface area is 89.0 Å². The number of unbranched alkanes of at least 4 members (excludes halogenated alkanes) is 1. The van der Waals surface area contributed by atoms with Gasteiger partial charge in [0.2, 0.25) is 0 Å². The number of nitrogens with two attached hydrogens (primary N) is 3. The van der Waals surface area contributed by atoms with E-state index in [1.54, 1.807) is 0 Å². The van der Waals surface area contributed by atoms with Gasteiger partial charge in [0.1, 0.15) is 6.04 Å². The molecule has 0 aromatic carbocycles. The summed E-state index contributed by atoms with van der Waals surface area (Å²) in [5.74, 6) is -0.913. The number of halogens is 1. The first-order chi connectivity index (χ1) is 6.04. The highest BCUT2D eigenvalue weighted by Crippen LogP contribution is 1.99. The van der Waals surface area contributed by atoms with E-state index in [9.17, 15) is 4.79 Å². The fourth-order valence-electron chi connectivity index (χ4n) is 0.808. The summed E-state index contributed by atoms with van der Waals surface area (Å²) in [4.78, 5) is 14.0. The number of nitrogens with zero attached hydrogens (tertiary/aromatic N) is 1. The molecule has 0 rings (SSSR count). The number of aliphatic imine (C=N–C) groups is 1.